The first kappa shape index (κ1) is 29.5. The van der Waals surface area contributed by atoms with Crippen molar-refractivity contribution >= 4 is 50.7 Å². The van der Waals surface area contributed by atoms with Crippen molar-refractivity contribution in [2.45, 2.75) is 38.9 Å². The van der Waals surface area contributed by atoms with E-state index in [-0.39, 0.29) is 30.6 Å². The third-order valence-corrected chi connectivity index (χ3v) is 7.56. The Morgan fingerprint density at radius 2 is 1.50 bits per heavy atom. The van der Waals surface area contributed by atoms with E-state index in [0.29, 0.717) is 15.6 Å². The van der Waals surface area contributed by atoms with Gasteiger partial charge in [0.25, 0.3) is 0 Å². The Morgan fingerprint density at radius 1 is 0.895 bits per heavy atom. The molecular weight excluding hydrogens is 545 g/mol. The second kappa shape index (κ2) is 13.1. The van der Waals surface area contributed by atoms with E-state index >= 15 is 0 Å². The van der Waals surface area contributed by atoms with Gasteiger partial charge in [-0.25, -0.2) is 8.42 Å². The van der Waals surface area contributed by atoms with Crippen LogP contribution in [0.2, 0.25) is 10.0 Å². The number of carbonyl (C=O) groups is 2. The fraction of sp³-hybridized carbons (Fsp3) is 0.286. The van der Waals surface area contributed by atoms with Gasteiger partial charge in [-0.1, -0.05) is 71.7 Å². The Hall–Kier alpha value is -3.07. The van der Waals surface area contributed by atoms with Gasteiger partial charge in [0.1, 0.15) is 12.6 Å². The largest absolute Gasteiger partial charge is 0.352 e. The summed E-state index contributed by atoms with van der Waals surface area (Å²) in [5.41, 5.74) is 1.77. The van der Waals surface area contributed by atoms with Gasteiger partial charge in [0, 0.05) is 29.1 Å². The van der Waals surface area contributed by atoms with Crippen LogP contribution in [0.5, 0.6) is 0 Å². The molecule has 0 heterocycles. The lowest BCUT2D eigenvalue weighted by Gasteiger charge is -2.34. The SMILES string of the molecule is CC(C)NC(=O)[C@H](Cc1ccccc1)N(Cc1ccccc1Cl)C(=O)CN(c1ccc(Cl)cc1)S(C)(=O)=O. The molecule has 0 aromatic heterocycles. The number of hydrogen-bond donors (Lipinski definition) is 1. The van der Waals surface area contributed by atoms with Crippen molar-refractivity contribution in [1.82, 2.24) is 10.2 Å². The monoisotopic (exact) mass is 575 g/mol. The van der Waals surface area contributed by atoms with Crippen LogP contribution in [0.4, 0.5) is 5.69 Å². The van der Waals surface area contributed by atoms with Gasteiger partial charge in [-0.05, 0) is 55.3 Å². The second-order valence-electron chi connectivity index (χ2n) is 9.23. The van der Waals surface area contributed by atoms with E-state index < -0.39 is 28.5 Å². The lowest BCUT2D eigenvalue weighted by Crippen LogP contribution is -2.54. The molecule has 2 amide bonds. The summed E-state index contributed by atoms with van der Waals surface area (Å²) in [6.45, 7) is 3.18. The Balaban J connectivity index is 2.06. The minimum atomic E-state index is -3.85. The molecule has 0 saturated heterocycles. The van der Waals surface area contributed by atoms with Crippen LogP contribution < -0.4 is 9.62 Å². The molecule has 38 heavy (non-hydrogen) atoms. The highest BCUT2D eigenvalue weighted by Crippen LogP contribution is 2.24. The van der Waals surface area contributed by atoms with Crippen LogP contribution in [0.1, 0.15) is 25.0 Å². The lowest BCUT2D eigenvalue weighted by molar-refractivity contribution is -0.140. The molecule has 0 aliphatic heterocycles. The fourth-order valence-corrected chi connectivity index (χ4v) is 5.14. The molecule has 0 unspecified atom stereocenters. The maximum atomic E-state index is 13.9. The van der Waals surface area contributed by atoms with Crippen molar-refractivity contribution in [1.29, 1.82) is 0 Å². The molecule has 0 bridgehead atoms. The Kier molecular flexibility index (Phi) is 10.2. The van der Waals surface area contributed by atoms with Crippen LogP contribution >= 0.6 is 23.2 Å². The van der Waals surface area contributed by atoms with E-state index in [2.05, 4.69) is 5.32 Å². The zero-order valence-corrected chi connectivity index (χ0v) is 23.8. The van der Waals surface area contributed by atoms with E-state index in [1.807, 2.05) is 44.2 Å². The van der Waals surface area contributed by atoms with Crippen LogP contribution in [0.15, 0.2) is 78.9 Å². The Morgan fingerprint density at radius 3 is 2.08 bits per heavy atom. The lowest BCUT2D eigenvalue weighted by atomic mass is 10.0. The molecule has 0 saturated carbocycles. The van der Waals surface area contributed by atoms with E-state index in [4.69, 9.17) is 23.2 Å². The average molecular weight is 577 g/mol. The van der Waals surface area contributed by atoms with Crippen molar-refractivity contribution < 1.29 is 18.0 Å². The first-order valence-electron chi connectivity index (χ1n) is 12.1. The molecule has 3 aromatic carbocycles. The van der Waals surface area contributed by atoms with E-state index in [9.17, 15) is 18.0 Å². The summed E-state index contributed by atoms with van der Waals surface area (Å²) in [7, 11) is -3.85. The highest BCUT2D eigenvalue weighted by molar-refractivity contribution is 7.92. The van der Waals surface area contributed by atoms with Crippen LogP contribution in [0.3, 0.4) is 0 Å². The van der Waals surface area contributed by atoms with Gasteiger partial charge < -0.3 is 10.2 Å². The smallest absolute Gasteiger partial charge is 0.244 e. The first-order chi connectivity index (χ1) is 18.0. The number of rotatable bonds is 11. The summed E-state index contributed by atoms with van der Waals surface area (Å²) >= 11 is 12.4. The molecule has 10 heteroatoms. The maximum absolute atomic E-state index is 13.9. The minimum Gasteiger partial charge on any atom is -0.352 e. The van der Waals surface area contributed by atoms with Crippen molar-refractivity contribution in [3.05, 3.63) is 100 Å². The second-order valence-corrected chi connectivity index (χ2v) is 12.0. The summed E-state index contributed by atoms with van der Waals surface area (Å²) in [5.74, 6) is -0.896. The molecule has 0 spiro atoms. The van der Waals surface area contributed by atoms with Gasteiger partial charge in [0.15, 0.2) is 0 Å². The fourth-order valence-electron chi connectivity index (χ4n) is 3.97. The quantitative estimate of drug-likeness (QED) is 0.351. The zero-order valence-electron chi connectivity index (χ0n) is 21.5. The maximum Gasteiger partial charge on any atom is 0.244 e. The predicted molar refractivity (Wildman–Crippen MR) is 153 cm³/mol. The van der Waals surface area contributed by atoms with Gasteiger partial charge in [-0.15, -0.1) is 0 Å². The van der Waals surface area contributed by atoms with Crippen LogP contribution in [-0.2, 0) is 32.6 Å². The third-order valence-electron chi connectivity index (χ3n) is 5.79. The van der Waals surface area contributed by atoms with Gasteiger partial charge >= 0.3 is 0 Å². The molecule has 0 aliphatic rings. The van der Waals surface area contributed by atoms with E-state index in [0.717, 1.165) is 16.1 Å². The average Bonchev–Trinajstić information content (AvgIpc) is 2.85. The molecule has 202 valence electrons. The highest BCUT2D eigenvalue weighted by atomic mass is 35.5. The van der Waals surface area contributed by atoms with E-state index in [1.54, 1.807) is 36.4 Å². The van der Waals surface area contributed by atoms with Gasteiger partial charge in [-0.3, -0.25) is 13.9 Å². The zero-order chi connectivity index (χ0) is 27.9. The molecular formula is C28H31Cl2N3O4S. The third kappa shape index (κ3) is 8.21. The topological polar surface area (TPSA) is 86.8 Å². The highest BCUT2D eigenvalue weighted by Gasteiger charge is 2.33. The first-order valence-corrected chi connectivity index (χ1v) is 14.7. The Bertz CT molecular complexity index is 1350. The Labute approximate surface area is 234 Å². The number of sulfonamides is 1. The summed E-state index contributed by atoms with van der Waals surface area (Å²) in [6, 6.07) is 21.5. The van der Waals surface area contributed by atoms with Crippen LogP contribution in [-0.4, -0.2) is 50.0 Å². The number of nitrogens with one attached hydrogen (secondary N) is 1. The number of anilines is 1. The van der Waals surface area contributed by atoms with Gasteiger partial charge in [-0.2, -0.15) is 0 Å². The van der Waals surface area contributed by atoms with Gasteiger partial charge in [0.05, 0.1) is 11.9 Å². The van der Waals surface area contributed by atoms with Crippen molar-refractivity contribution in [3.8, 4) is 0 Å². The number of hydrogen-bond acceptors (Lipinski definition) is 4. The van der Waals surface area contributed by atoms with Crippen LogP contribution in [0, 0.1) is 0 Å². The molecule has 3 rings (SSSR count). The van der Waals surface area contributed by atoms with E-state index in [1.165, 1.54) is 17.0 Å². The summed E-state index contributed by atoms with van der Waals surface area (Å²) in [5, 5.41) is 3.78. The number of nitrogens with zero attached hydrogens (tertiary/aromatic N) is 2. The van der Waals surface area contributed by atoms with Crippen molar-refractivity contribution in [3.63, 3.8) is 0 Å². The van der Waals surface area contributed by atoms with Gasteiger partial charge in [0.2, 0.25) is 21.8 Å². The summed E-state index contributed by atoms with van der Waals surface area (Å²) < 4.78 is 26.5. The molecule has 3 aromatic rings. The molecule has 1 atom stereocenters. The number of halogens is 2. The number of benzene rings is 3. The molecule has 0 radical (unpaired) electrons. The summed E-state index contributed by atoms with van der Waals surface area (Å²) in [4.78, 5) is 28.8. The van der Waals surface area contributed by atoms with Crippen molar-refractivity contribution in [2.24, 2.45) is 0 Å². The predicted octanol–water partition coefficient (Wildman–Crippen LogP) is 4.92. The number of amides is 2. The molecule has 7 nitrogen and oxygen atoms in total. The standard InChI is InChI=1S/C28H31Cl2N3O4S/c1-20(2)31-28(35)26(17-21-9-5-4-6-10-21)32(18-22-11-7-8-12-25(22)30)27(34)19-33(38(3,36)37)24-15-13-23(29)14-16-24/h4-16,20,26H,17-19H2,1-3H3,(H,31,35)/t26-/m0/s1. The summed E-state index contributed by atoms with van der Waals surface area (Å²) in [6.07, 6.45) is 1.26. The van der Waals surface area contributed by atoms with Crippen molar-refractivity contribution in [2.75, 3.05) is 17.1 Å². The number of carbonyl (C=O) groups excluding carboxylic acids is 2. The molecule has 0 fully saturated rings. The van der Waals surface area contributed by atoms with Crippen LogP contribution in [0.25, 0.3) is 0 Å². The molecule has 1 N–H and O–H groups in total. The molecule has 0 aliphatic carbocycles. The normalized spacial score (nSPS) is 12.2. The minimum absolute atomic E-state index is 0.0136.